The highest BCUT2D eigenvalue weighted by Crippen LogP contribution is 2.33. The zero-order chi connectivity index (χ0) is 23.0. The Kier molecular flexibility index (Phi) is 5.67. The normalized spacial score (nSPS) is 15.3. The highest BCUT2D eigenvalue weighted by atomic mass is 19.4. The number of halogens is 3. The molecule has 0 bridgehead atoms. The summed E-state index contributed by atoms with van der Waals surface area (Å²) >= 11 is 0. The van der Waals surface area contributed by atoms with Gasteiger partial charge in [-0.25, -0.2) is 0 Å². The summed E-state index contributed by atoms with van der Waals surface area (Å²) in [4.78, 5) is 25.8. The Bertz CT molecular complexity index is 1170. The number of nitrogens with one attached hydrogen (secondary N) is 1. The van der Waals surface area contributed by atoms with Crippen LogP contribution >= 0.6 is 0 Å². The van der Waals surface area contributed by atoms with Crippen LogP contribution in [0.2, 0.25) is 0 Å². The molecule has 7 heteroatoms. The van der Waals surface area contributed by atoms with Gasteiger partial charge < -0.3 is 10.2 Å². The van der Waals surface area contributed by atoms with Gasteiger partial charge in [0.15, 0.2) is 0 Å². The summed E-state index contributed by atoms with van der Waals surface area (Å²) in [6, 6.07) is 15.9. The molecule has 1 saturated heterocycles. The molecule has 4 nitrogen and oxygen atoms in total. The molecule has 2 amide bonds. The van der Waals surface area contributed by atoms with Crippen molar-refractivity contribution in [3.8, 4) is 11.1 Å². The van der Waals surface area contributed by atoms with Crippen LogP contribution < -0.4 is 5.32 Å². The number of alkyl halides is 3. The number of fused-ring (bicyclic) bond motifs is 1. The Morgan fingerprint density at radius 2 is 1.72 bits per heavy atom. The van der Waals surface area contributed by atoms with Gasteiger partial charge in [-0.05, 0) is 53.1 Å². The van der Waals surface area contributed by atoms with E-state index in [-0.39, 0.29) is 23.8 Å². The average molecular weight is 440 g/mol. The van der Waals surface area contributed by atoms with E-state index in [1.54, 1.807) is 17.0 Å². The minimum atomic E-state index is -4.37. The molecule has 4 rings (SSSR count). The lowest BCUT2D eigenvalue weighted by Gasteiger charge is -2.42. The second-order valence-electron chi connectivity index (χ2n) is 8.26. The molecule has 1 heterocycles. The summed E-state index contributed by atoms with van der Waals surface area (Å²) in [5.41, 5.74) is 1.30. The third-order valence-electron chi connectivity index (χ3n) is 6.09. The molecule has 1 aliphatic rings. The molecule has 3 aromatic carbocycles. The number of amides is 2. The number of hydrogen-bond donors (Lipinski definition) is 1. The number of nitrogens with zero attached hydrogens (tertiary/aromatic N) is 1. The zero-order valence-electron chi connectivity index (χ0n) is 17.7. The number of rotatable bonds is 4. The summed E-state index contributed by atoms with van der Waals surface area (Å²) < 4.78 is 38.6. The van der Waals surface area contributed by atoms with Crippen LogP contribution in [-0.4, -0.2) is 35.8 Å². The summed E-state index contributed by atoms with van der Waals surface area (Å²) in [7, 11) is 0. The molecule has 166 valence electrons. The van der Waals surface area contributed by atoms with E-state index in [9.17, 15) is 22.8 Å². The number of carbonyl (C=O) groups excluding carboxylic acids is 2. The molecule has 1 atom stereocenters. The number of benzene rings is 3. The maximum absolute atomic E-state index is 12.9. The first-order valence-electron chi connectivity index (χ1n) is 10.4. The largest absolute Gasteiger partial charge is 0.416 e. The first-order valence-corrected chi connectivity index (χ1v) is 10.4. The Morgan fingerprint density at radius 3 is 2.34 bits per heavy atom. The van der Waals surface area contributed by atoms with E-state index in [0.29, 0.717) is 24.2 Å². The van der Waals surface area contributed by atoms with Gasteiger partial charge in [0.25, 0.3) is 5.91 Å². The minimum Gasteiger partial charge on any atom is -0.349 e. The number of carbonyl (C=O) groups is 2. The Hall–Kier alpha value is -3.35. The van der Waals surface area contributed by atoms with Crippen molar-refractivity contribution in [1.82, 2.24) is 10.2 Å². The van der Waals surface area contributed by atoms with Gasteiger partial charge in [-0.15, -0.1) is 0 Å². The van der Waals surface area contributed by atoms with Gasteiger partial charge in [0.05, 0.1) is 5.56 Å². The van der Waals surface area contributed by atoms with Gasteiger partial charge >= 0.3 is 6.18 Å². The second-order valence-corrected chi connectivity index (χ2v) is 8.26. The van der Waals surface area contributed by atoms with Crippen molar-refractivity contribution in [3.63, 3.8) is 0 Å². The van der Waals surface area contributed by atoms with Crippen molar-refractivity contribution in [2.24, 2.45) is 5.92 Å². The zero-order valence-corrected chi connectivity index (χ0v) is 17.7. The fourth-order valence-electron chi connectivity index (χ4n) is 4.01. The van der Waals surface area contributed by atoms with Crippen molar-refractivity contribution in [3.05, 3.63) is 71.8 Å². The summed E-state index contributed by atoms with van der Waals surface area (Å²) in [5, 5.41) is 4.69. The first kappa shape index (κ1) is 21.9. The molecule has 0 aliphatic carbocycles. The third kappa shape index (κ3) is 4.33. The lowest BCUT2D eigenvalue weighted by molar-refractivity contribution is -0.137. The number of likely N-dealkylation sites (tertiary alicyclic amines) is 1. The highest BCUT2D eigenvalue weighted by molar-refractivity contribution is 6.02. The van der Waals surface area contributed by atoms with Crippen LogP contribution in [0.15, 0.2) is 60.7 Å². The molecule has 1 N–H and O–H groups in total. The van der Waals surface area contributed by atoms with Gasteiger partial charge in [0.2, 0.25) is 5.91 Å². The third-order valence-corrected chi connectivity index (χ3v) is 6.09. The number of hydrogen-bond acceptors (Lipinski definition) is 2. The van der Waals surface area contributed by atoms with Crippen molar-refractivity contribution in [1.29, 1.82) is 0 Å². The van der Waals surface area contributed by atoms with E-state index in [1.807, 2.05) is 31.2 Å². The van der Waals surface area contributed by atoms with Crippen LogP contribution in [-0.2, 0) is 11.0 Å². The van der Waals surface area contributed by atoms with E-state index < -0.39 is 11.7 Å². The fourth-order valence-corrected chi connectivity index (χ4v) is 4.01. The first-order chi connectivity index (χ1) is 15.1. The Labute approximate surface area is 184 Å². The Morgan fingerprint density at radius 1 is 1.03 bits per heavy atom. The lowest BCUT2D eigenvalue weighted by atomic mass is 9.92. The van der Waals surface area contributed by atoms with Crippen LogP contribution in [0, 0.1) is 5.92 Å². The summed E-state index contributed by atoms with van der Waals surface area (Å²) in [6.45, 7) is 4.76. The molecular weight excluding hydrogens is 417 g/mol. The Balaban J connectivity index is 1.53. The van der Waals surface area contributed by atoms with E-state index in [4.69, 9.17) is 0 Å². The standard InChI is InChI=1S/C25H23F3N2O2/c1-15(20-13-30(14-20)16(2)31)29-24(32)19-8-11-23-18(12-19)4-3-5-22(23)17-6-9-21(10-7-17)25(26,27)28/h3-12,15,20H,13-14H2,1-2H3,(H,29,32). The van der Waals surface area contributed by atoms with E-state index in [0.717, 1.165) is 28.5 Å². The van der Waals surface area contributed by atoms with Crippen LogP contribution in [0.1, 0.15) is 29.8 Å². The lowest BCUT2D eigenvalue weighted by Crippen LogP contribution is -2.56. The van der Waals surface area contributed by atoms with Crippen molar-refractivity contribution in [2.45, 2.75) is 26.1 Å². The van der Waals surface area contributed by atoms with E-state index >= 15 is 0 Å². The van der Waals surface area contributed by atoms with Gasteiger partial charge in [0.1, 0.15) is 0 Å². The van der Waals surface area contributed by atoms with Crippen LogP contribution in [0.4, 0.5) is 13.2 Å². The van der Waals surface area contributed by atoms with E-state index in [1.165, 1.54) is 19.1 Å². The average Bonchev–Trinajstić information content (AvgIpc) is 2.71. The predicted octanol–water partition coefficient (Wildman–Crippen LogP) is 5.12. The van der Waals surface area contributed by atoms with Crippen molar-refractivity contribution < 1.29 is 22.8 Å². The molecule has 1 unspecified atom stereocenters. The second kappa shape index (κ2) is 8.30. The SMILES string of the molecule is CC(=O)N1CC(C(C)NC(=O)c2ccc3c(-c4ccc(C(F)(F)F)cc4)cccc3c2)C1. The fraction of sp³-hybridized carbons (Fsp3) is 0.280. The van der Waals surface area contributed by atoms with Crippen molar-refractivity contribution >= 4 is 22.6 Å². The molecule has 0 radical (unpaired) electrons. The molecule has 1 aliphatic heterocycles. The van der Waals surface area contributed by atoms with Crippen LogP contribution in [0.5, 0.6) is 0 Å². The maximum Gasteiger partial charge on any atom is 0.416 e. The van der Waals surface area contributed by atoms with Gasteiger partial charge in [-0.2, -0.15) is 13.2 Å². The highest BCUT2D eigenvalue weighted by Gasteiger charge is 2.33. The van der Waals surface area contributed by atoms with Gasteiger partial charge in [-0.1, -0.05) is 36.4 Å². The molecular formula is C25H23F3N2O2. The van der Waals surface area contributed by atoms with Gasteiger partial charge in [0, 0.05) is 37.5 Å². The monoisotopic (exact) mass is 440 g/mol. The smallest absolute Gasteiger partial charge is 0.349 e. The van der Waals surface area contributed by atoms with Crippen LogP contribution in [0.25, 0.3) is 21.9 Å². The molecule has 0 aromatic heterocycles. The molecule has 3 aromatic rings. The van der Waals surface area contributed by atoms with Gasteiger partial charge in [-0.3, -0.25) is 9.59 Å². The molecule has 32 heavy (non-hydrogen) atoms. The summed E-state index contributed by atoms with van der Waals surface area (Å²) in [5.74, 6) is 0.0772. The topological polar surface area (TPSA) is 49.4 Å². The van der Waals surface area contributed by atoms with Crippen LogP contribution in [0.3, 0.4) is 0 Å². The molecule has 0 saturated carbocycles. The quantitative estimate of drug-likeness (QED) is 0.612. The molecule has 1 fully saturated rings. The molecule has 0 spiro atoms. The summed E-state index contributed by atoms with van der Waals surface area (Å²) in [6.07, 6.45) is -4.37. The maximum atomic E-state index is 12.9. The van der Waals surface area contributed by atoms with E-state index in [2.05, 4.69) is 5.32 Å². The van der Waals surface area contributed by atoms with Crippen molar-refractivity contribution in [2.75, 3.05) is 13.1 Å². The minimum absolute atomic E-state index is 0.0400. The predicted molar refractivity (Wildman–Crippen MR) is 117 cm³/mol.